The first-order valence-corrected chi connectivity index (χ1v) is 11.6. The lowest BCUT2D eigenvalue weighted by Gasteiger charge is -2.35. The maximum atomic E-state index is 13.0. The summed E-state index contributed by atoms with van der Waals surface area (Å²) in [6.07, 6.45) is -0.647. The monoisotopic (exact) mass is 434 g/mol. The van der Waals surface area contributed by atoms with Crippen molar-refractivity contribution in [1.29, 1.82) is 0 Å². The number of ether oxygens (including phenoxy) is 1. The Hall–Kier alpha value is -2.39. The van der Waals surface area contributed by atoms with Gasteiger partial charge in [-0.3, -0.25) is 9.89 Å². The van der Waals surface area contributed by atoms with E-state index in [1.54, 1.807) is 25.7 Å². The average Bonchev–Trinajstić information content (AvgIpc) is 3.06. The first-order valence-electron chi connectivity index (χ1n) is 10.2. The summed E-state index contributed by atoms with van der Waals surface area (Å²) in [6.45, 7) is 10.4. The number of aryl methyl sites for hydroxylation is 2. The molecule has 1 aliphatic rings. The molecule has 164 valence electrons. The fourth-order valence-corrected chi connectivity index (χ4v) is 5.52. The van der Waals surface area contributed by atoms with Crippen molar-refractivity contribution < 1.29 is 17.9 Å². The van der Waals surface area contributed by atoms with Crippen molar-refractivity contribution in [2.75, 3.05) is 26.2 Å². The number of rotatable bonds is 6. The third kappa shape index (κ3) is 4.37. The lowest BCUT2D eigenvalue weighted by Crippen LogP contribution is -2.53. The summed E-state index contributed by atoms with van der Waals surface area (Å²) in [7, 11) is -3.64. The normalized spacial score (nSPS) is 16.7. The van der Waals surface area contributed by atoms with Gasteiger partial charge in [-0.2, -0.15) is 9.40 Å². The molecule has 1 N–H and O–H groups in total. The van der Waals surface area contributed by atoms with Gasteiger partial charge < -0.3 is 9.64 Å². The number of piperazine rings is 1. The largest absolute Gasteiger partial charge is 0.481 e. The van der Waals surface area contributed by atoms with Crippen molar-refractivity contribution >= 4 is 15.9 Å². The molecule has 0 aliphatic carbocycles. The Kier molecular flexibility index (Phi) is 6.52. The Labute approximate surface area is 178 Å². The average molecular weight is 435 g/mol. The van der Waals surface area contributed by atoms with E-state index in [0.29, 0.717) is 30.2 Å². The Bertz CT molecular complexity index is 988. The summed E-state index contributed by atoms with van der Waals surface area (Å²) >= 11 is 0. The zero-order valence-electron chi connectivity index (χ0n) is 18.2. The molecule has 1 aromatic carbocycles. The van der Waals surface area contributed by atoms with Gasteiger partial charge in [0.15, 0.2) is 6.10 Å². The number of H-pyrrole nitrogens is 1. The zero-order valence-corrected chi connectivity index (χ0v) is 19.0. The number of aromatic amines is 1. The van der Waals surface area contributed by atoms with E-state index in [1.165, 1.54) is 4.31 Å². The van der Waals surface area contributed by atoms with Crippen LogP contribution in [-0.2, 0) is 14.8 Å². The number of hydrogen-bond acceptors (Lipinski definition) is 5. The Balaban J connectivity index is 1.64. The van der Waals surface area contributed by atoms with Gasteiger partial charge in [0.1, 0.15) is 10.6 Å². The number of para-hydroxylation sites is 1. The molecule has 9 heteroatoms. The number of aromatic nitrogens is 2. The molecule has 1 aromatic heterocycles. The number of nitrogens with one attached hydrogen (secondary N) is 1. The summed E-state index contributed by atoms with van der Waals surface area (Å²) in [6, 6.07) is 7.72. The number of sulfonamides is 1. The van der Waals surface area contributed by atoms with E-state index in [0.717, 1.165) is 5.56 Å². The molecule has 0 saturated carbocycles. The summed E-state index contributed by atoms with van der Waals surface area (Å²) in [5.41, 5.74) is 2.03. The van der Waals surface area contributed by atoms with Gasteiger partial charge in [-0.25, -0.2) is 8.42 Å². The van der Waals surface area contributed by atoms with Crippen molar-refractivity contribution in [3.8, 4) is 5.75 Å². The van der Waals surface area contributed by atoms with Crippen LogP contribution in [0.1, 0.15) is 43.6 Å². The van der Waals surface area contributed by atoms with Gasteiger partial charge in [0.2, 0.25) is 10.0 Å². The minimum Gasteiger partial charge on any atom is -0.481 e. The Morgan fingerprint density at radius 1 is 1.10 bits per heavy atom. The minimum atomic E-state index is -3.64. The lowest BCUT2D eigenvalue weighted by molar-refractivity contribution is -0.139. The zero-order chi connectivity index (χ0) is 22.1. The van der Waals surface area contributed by atoms with E-state index in [-0.39, 0.29) is 29.8 Å². The highest BCUT2D eigenvalue weighted by molar-refractivity contribution is 7.89. The van der Waals surface area contributed by atoms with E-state index >= 15 is 0 Å². The molecule has 0 spiro atoms. The molecule has 1 unspecified atom stereocenters. The van der Waals surface area contributed by atoms with E-state index < -0.39 is 16.1 Å². The topological polar surface area (TPSA) is 95.6 Å². The van der Waals surface area contributed by atoms with Crippen molar-refractivity contribution in [3.63, 3.8) is 0 Å². The molecule has 2 heterocycles. The number of hydrogen-bond donors (Lipinski definition) is 1. The molecule has 0 bridgehead atoms. The van der Waals surface area contributed by atoms with Gasteiger partial charge in [0, 0.05) is 26.2 Å². The van der Waals surface area contributed by atoms with Gasteiger partial charge in [0.05, 0.1) is 11.4 Å². The van der Waals surface area contributed by atoms with Crippen molar-refractivity contribution in [2.45, 2.75) is 51.5 Å². The molecule has 3 rings (SSSR count). The summed E-state index contributed by atoms with van der Waals surface area (Å²) < 4.78 is 33.3. The fourth-order valence-electron chi connectivity index (χ4n) is 3.76. The predicted octanol–water partition coefficient (Wildman–Crippen LogP) is 2.45. The first-order chi connectivity index (χ1) is 14.1. The standard InChI is InChI=1S/C21H30N4O4S/c1-14(2)18-8-6-7-9-19(18)29-17(5)21(26)24-10-12-25(13-11-24)30(27,28)20-15(3)22-23-16(20)4/h6-9,14,17H,10-13H2,1-5H3,(H,22,23). The molecule has 0 radical (unpaired) electrons. The van der Waals surface area contributed by atoms with Crippen LogP contribution < -0.4 is 4.74 Å². The van der Waals surface area contributed by atoms with E-state index in [9.17, 15) is 13.2 Å². The van der Waals surface area contributed by atoms with Gasteiger partial charge in [-0.15, -0.1) is 0 Å². The predicted molar refractivity (Wildman–Crippen MR) is 114 cm³/mol. The maximum Gasteiger partial charge on any atom is 0.263 e. The van der Waals surface area contributed by atoms with Crippen LogP contribution in [0.25, 0.3) is 0 Å². The second-order valence-electron chi connectivity index (χ2n) is 7.95. The molecule has 30 heavy (non-hydrogen) atoms. The molecule has 1 fully saturated rings. The SMILES string of the molecule is Cc1n[nH]c(C)c1S(=O)(=O)N1CCN(C(=O)C(C)Oc2ccccc2C(C)C)CC1. The number of benzene rings is 1. The molecule has 1 amide bonds. The van der Waals surface area contributed by atoms with Gasteiger partial charge in [-0.05, 0) is 38.3 Å². The molecular formula is C21H30N4O4S. The molecular weight excluding hydrogens is 404 g/mol. The molecule has 1 atom stereocenters. The number of carbonyl (C=O) groups is 1. The number of amides is 1. The molecule has 1 aliphatic heterocycles. The summed E-state index contributed by atoms with van der Waals surface area (Å²) in [4.78, 5) is 14.8. The Morgan fingerprint density at radius 2 is 1.73 bits per heavy atom. The van der Waals surface area contributed by atoms with E-state index in [2.05, 4.69) is 24.0 Å². The highest BCUT2D eigenvalue weighted by Crippen LogP contribution is 2.27. The molecule has 1 saturated heterocycles. The second-order valence-corrected chi connectivity index (χ2v) is 9.82. The fraction of sp³-hybridized carbons (Fsp3) is 0.524. The van der Waals surface area contributed by atoms with Crippen molar-refractivity contribution in [2.24, 2.45) is 0 Å². The van der Waals surface area contributed by atoms with Crippen LogP contribution in [0, 0.1) is 13.8 Å². The van der Waals surface area contributed by atoms with Crippen LogP contribution in [0.15, 0.2) is 29.2 Å². The lowest BCUT2D eigenvalue weighted by atomic mass is 10.0. The van der Waals surface area contributed by atoms with Gasteiger partial charge >= 0.3 is 0 Å². The quantitative estimate of drug-likeness (QED) is 0.753. The van der Waals surface area contributed by atoms with E-state index in [1.807, 2.05) is 24.3 Å². The van der Waals surface area contributed by atoms with Crippen LogP contribution >= 0.6 is 0 Å². The second kappa shape index (κ2) is 8.77. The third-order valence-corrected chi connectivity index (χ3v) is 7.56. The number of carbonyl (C=O) groups excluding carboxylic acids is 1. The summed E-state index contributed by atoms with van der Waals surface area (Å²) in [5, 5.41) is 6.71. The van der Waals surface area contributed by atoms with Crippen LogP contribution in [0.4, 0.5) is 0 Å². The van der Waals surface area contributed by atoms with Gasteiger partial charge in [-0.1, -0.05) is 32.0 Å². The minimum absolute atomic E-state index is 0.138. The van der Waals surface area contributed by atoms with Crippen LogP contribution in [0.5, 0.6) is 5.75 Å². The van der Waals surface area contributed by atoms with Crippen LogP contribution in [0.2, 0.25) is 0 Å². The smallest absolute Gasteiger partial charge is 0.263 e. The van der Waals surface area contributed by atoms with Crippen molar-refractivity contribution in [3.05, 3.63) is 41.2 Å². The van der Waals surface area contributed by atoms with Gasteiger partial charge in [0.25, 0.3) is 5.91 Å². The Morgan fingerprint density at radius 3 is 2.30 bits per heavy atom. The molecule has 2 aromatic rings. The van der Waals surface area contributed by atoms with Crippen LogP contribution in [0.3, 0.4) is 0 Å². The third-order valence-electron chi connectivity index (χ3n) is 5.40. The first kappa shape index (κ1) is 22.3. The van der Waals surface area contributed by atoms with E-state index in [4.69, 9.17) is 4.74 Å². The highest BCUT2D eigenvalue weighted by Gasteiger charge is 2.34. The number of nitrogens with zero attached hydrogens (tertiary/aromatic N) is 3. The van der Waals surface area contributed by atoms with Crippen molar-refractivity contribution in [1.82, 2.24) is 19.4 Å². The summed E-state index contributed by atoms with van der Waals surface area (Å²) in [5.74, 6) is 0.855. The highest BCUT2D eigenvalue weighted by atomic mass is 32.2. The van der Waals surface area contributed by atoms with Crippen LogP contribution in [-0.4, -0.2) is 66.0 Å². The molecule has 8 nitrogen and oxygen atoms in total. The maximum absolute atomic E-state index is 13.0.